The second-order valence-corrected chi connectivity index (χ2v) is 6.01. The maximum atomic E-state index is 5.86. The number of hydrogen-bond acceptors (Lipinski definition) is 4. The van der Waals surface area contributed by atoms with Gasteiger partial charge in [0.1, 0.15) is 5.52 Å². The van der Waals surface area contributed by atoms with Crippen molar-refractivity contribution in [2.24, 2.45) is 11.7 Å². The number of hydrogen-bond donors (Lipinski definition) is 2. The fourth-order valence-corrected chi connectivity index (χ4v) is 3.02. The standard InChI is InChI=1S/C15H23N5/c1-10(2)13-8-14-15(17-6-7-20(14)19-13)18-12-5-3-4-11(12)9-16/h6-8,10-12H,3-5,9,16H2,1-2H3,(H,17,18). The highest BCUT2D eigenvalue weighted by molar-refractivity contribution is 5.68. The molecule has 2 heterocycles. The van der Waals surface area contributed by atoms with Crippen molar-refractivity contribution >= 4 is 11.3 Å². The first-order valence-corrected chi connectivity index (χ1v) is 7.50. The number of anilines is 1. The molecular weight excluding hydrogens is 250 g/mol. The second-order valence-electron chi connectivity index (χ2n) is 6.01. The monoisotopic (exact) mass is 273 g/mol. The van der Waals surface area contributed by atoms with Crippen LogP contribution < -0.4 is 11.1 Å². The van der Waals surface area contributed by atoms with Crippen LogP contribution in [0.5, 0.6) is 0 Å². The zero-order valence-electron chi connectivity index (χ0n) is 12.2. The van der Waals surface area contributed by atoms with E-state index in [-0.39, 0.29) is 0 Å². The smallest absolute Gasteiger partial charge is 0.152 e. The Morgan fingerprint density at radius 1 is 1.45 bits per heavy atom. The van der Waals surface area contributed by atoms with Crippen LogP contribution in [0.3, 0.4) is 0 Å². The predicted molar refractivity (Wildman–Crippen MR) is 80.9 cm³/mol. The Kier molecular flexibility index (Phi) is 3.61. The Hall–Kier alpha value is -1.62. The number of nitrogens with zero attached hydrogens (tertiary/aromatic N) is 3. The molecule has 0 bridgehead atoms. The van der Waals surface area contributed by atoms with Gasteiger partial charge >= 0.3 is 0 Å². The number of aromatic nitrogens is 3. The van der Waals surface area contributed by atoms with Gasteiger partial charge in [0.2, 0.25) is 0 Å². The van der Waals surface area contributed by atoms with Crippen molar-refractivity contribution in [3.8, 4) is 0 Å². The van der Waals surface area contributed by atoms with Gasteiger partial charge in [0.25, 0.3) is 0 Å². The molecule has 1 fully saturated rings. The zero-order chi connectivity index (χ0) is 14.1. The lowest BCUT2D eigenvalue weighted by atomic mass is 10.0. The summed E-state index contributed by atoms with van der Waals surface area (Å²) in [5.41, 5.74) is 8.01. The maximum Gasteiger partial charge on any atom is 0.152 e. The van der Waals surface area contributed by atoms with E-state index in [2.05, 4.69) is 35.3 Å². The van der Waals surface area contributed by atoms with E-state index in [1.165, 1.54) is 19.3 Å². The van der Waals surface area contributed by atoms with Crippen molar-refractivity contribution in [1.29, 1.82) is 0 Å². The lowest BCUT2D eigenvalue weighted by Gasteiger charge is -2.20. The highest BCUT2D eigenvalue weighted by Gasteiger charge is 2.26. The van der Waals surface area contributed by atoms with Crippen LogP contribution in [0.4, 0.5) is 5.82 Å². The van der Waals surface area contributed by atoms with Gasteiger partial charge in [-0.25, -0.2) is 9.50 Å². The Balaban J connectivity index is 1.91. The van der Waals surface area contributed by atoms with Gasteiger partial charge in [0, 0.05) is 18.4 Å². The minimum Gasteiger partial charge on any atom is -0.365 e. The second kappa shape index (κ2) is 5.40. The van der Waals surface area contributed by atoms with Crippen molar-refractivity contribution in [2.75, 3.05) is 11.9 Å². The van der Waals surface area contributed by atoms with Gasteiger partial charge < -0.3 is 11.1 Å². The molecule has 1 aliphatic carbocycles. The number of nitrogens with two attached hydrogens (primary N) is 1. The molecular formula is C15H23N5. The summed E-state index contributed by atoms with van der Waals surface area (Å²) in [4.78, 5) is 4.50. The molecule has 0 saturated heterocycles. The van der Waals surface area contributed by atoms with E-state index in [4.69, 9.17) is 5.73 Å². The zero-order valence-corrected chi connectivity index (χ0v) is 12.2. The average Bonchev–Trinajstić information content (AvgIpc) is 3.04. The molecule has 0 amide bonds. The number of rotatable bonds is 4. The highest BCUT2D eigenvalue weighted by Crippen LogP contribution is 2.29. The van der Waals surface area contributed by atoms with E-state index in [1.54, 1.807) is 6.20 Å². The van der Waals surface area contributed by atoms with E-state index >= 15 is 0 Å². The maximum absolute atomic E-state index is 5.86. The third kappa shape index (κ3) is 2.38. The summed E-state index contributed by atoms with van der Waals surface area (Å²) in [5.74, 6) is 1.91. The summed E-state index contributed by atoms with van der Waals surface area (Å²) >= 11 is 0. The first-order chi connectivity index (χ1) is 9.69. The first-order valence-electron chi connectivity index (χ1n) is 7.50. The van der Waals surface area contributed by atoms with Crippen molar-refractivity contribution in [3.63, 3.8) is 0 Å². The molecule has 0 radical (unpaired) electrons. The molecule has 2 atom stereocenters. The van der Waals surface area contributed by atoms with Gasteiger partial charge in [-0.15, -0.1) is 0 Å². The van der Waals surface area contributed by atoms with Crippen LogP contribution in [0.15, 0.2) is 18.5 Å². The molecule has 1 saturated carbocycles. The van der Waals surface area contributed by atoms with Crippen LogP contribution in [-0.4, -0.2) is 27.2 Å². The molecule has 2 aromatic heterocycles. The third-order valence-electron chi connectivity index (χ3n) is 4.28. The predicted octanol–water partition coefficient (Wildman–Crippen LogP) is 2.39. The minimum absolute atomic E-state index is 0.422. The van der Waals surface area contributed by atoms with Crippen molar-refractivity contribution in [1.82, 2.24) is 14.6 Å². The molecule has 3 N–H and O–H groups in total. The van der Waals surface area contributed by atoms with Crippen molar-refractivity contribution in [3.05, 3.63) is 24.2 Å². The van der Waals surface area contributed by atoms with Crippen molar-refractivity contribution < 1.29 is 0 Å². The average molecular weight is 273 g/mol. The summed E-state index contributed by atoms with van der Waals surface area (Å²) in [7, 11) is 0. The molecule has 1 aliphatic rings. The van der Waals surface area contributed by atoms with Crippen LogP contribution in [0.1, 0.15) is 44.7 Å². The van der Waals surface area contributed by atoms with E-state index in [0.717, 1.165) is 23.6 Å². The number of fused-ring (bicyclic) bond motifs is 1. The van der Waals surface area contributed by atoms with Crippen molar-refractivity contribution in [2.45, 2.75) is 45.1 Å². The minimum atomic E-state index is 0.422. The Morgan fingerprint density at radius 3 is 3.05 bits per heavy atom. The van der Waals surface area contributed by atoms with Crippen LogP contribution in [0.2, 0.25) is 0 Å². The lowest BCUT2D eigenvalue weighted by molar-refractivity contribution is 0.515. The molecule has 5 nitrogen and oxygen atoms in total. The fourth-order valence-electron chi connectivity index (χ4n) is 3.02. The SMILES string of the molecule is CC(C)c1cc2c(NC3CCCC3CN)nccn2n1. The van der Waals surface area contributed by atoms with Gasteiger partial charge in [-0.2, -0.15) is 5.10 Å². The normalized spacial score (nSPS) is 22.8. The summed E-state index contributed by atoms with van der Waals surface area (Å²) in [6.45, 7) is 5.06. The summed E-state index contributed by atoms with van der Waals surface area (Å²) < 4.78 is 1.91. The molecule has 108 valence electrons. The van der Waals surface area contributed by atoms with Crippen LogP contribution in [0, 0.1) is 5.92 Å². The molecule has 0 aliphatic heterocycles. The summed E-state index contributed by atoms with van der Waals surface area (Å²) in [5, 5.41) is 8.18. The molecule has 20 heavy (non-hydrogen) atoms. The van der Waals surface area contributed by atoms with E-state index in [1.807, 2.05) is 10.7 Å². The highest BCUT2D eigenvalue weighted by atomic mass is 15.2. The third-order valence-corrected chi connectivity index (χ3v) is 4.28. The molecule has 2 aromatic rings. The fraction of sp³-hybridized carbons (Fsp3) is 0.600. The van der Waals surface area contributed by atoms with Gasteiger partial charge in [-0.05, 0) is 37.3 Å². The Bertz CT molecular complexity index is 589. The van der Waals surface area contributed by atoms with E-state index < -0.39 is 0 Å². The van der Waals surface area contributed by atoms with Crippen LogP contribution in [0.25, 0.3) is 5.52 Å². The first kappa shape index (κ1) is 13.4. The van der Waals surface area contributed by atoms with E-state index in [9.17, 15) is 0 Å². The van der Waals surface area contributed by atoms with E-state index in [0.29, 0.717) is 17.9 Å². The van der Waals surface area contributed by atoms with Gasteiger partial charge in [-0.1, -0.05) is 20.3 Å². The number of nitrogens with one attached hydrogen (secondary N) is 1. The molecule has 5 heteroatoms. The lowest BCUT2D eigenvalue weighted by Crippen LogP contribution is -2.29. The van der Waals surface area contributed by atoms with Gasteiger partial charge in [-0.3, -0.25) is 0 Å². The molecule has 0 aromatic carbocycles. The summed E-state index contributed by atoms with van der Waals surface area (Å²) in [6, 6.07) is 2.57. The van der Waals surface area contributed by atoms with Gasteiger partial charge in [0.15, 0.2) is 5.82 Å². The molecule has 0 spiro atoms. The van der Waals surface area contributed by atoms with Crippen LogP contribution >= 0.6 is 0 Å². The van der Waals surface area contributed by atoms with Gasteiger partial charge in [0.05, 0.1) is 5.69 Å². The molecule has 3 rings (SSSR count). The quantitative estimate of drug-likeness (QED) is 0.897. The largest absolute Gasteiger partial charge is 0.365 e. The molecule has 2 unspecified atom stereocenters. The summed E-state index contributed by atoms with van der Waals surface area (Å²) in [6.07, 6.45) is 7.35. The van der Waals surface area contributed by atoms with Crippen LogP contribution in [-0.2, 0) is 0 Å². The topological polar surface area (TPSA) is 68.2 Å². The Labute approximate surface area is 119 Å². The Morgan fingerprint density at radius 2 is 2.30 bits per heavy atom.